The summed E-state index contributed by atoms with van der Waals surface area (Å²) in [5.74, 6) is 0.213. The Labute approximate surface area is 68.3 Å². The molecule has 1 aliphatic heterocycles. The summed E-state index contributed by atoms with van der Waals surface area (Å²) in [4.78, 5) is 12.1. The van der Waals surface area contributed by atoms with Crippen molar-refractivity contribution in [3.8, 4) is 0 Å². The van der Waals surface area contributed by atoms with Crippen LogP contribution >= 0.6 is 0 Å². The van der Waals surface area contributed by atoms with E-state index in [1.807, 2.05) is 19.0 Å². The summed E-state index contributed by atoms with van der Waals surface area (Å²) in [5.41, 5.74) is 0. The van der Waals surface area contributed by atoms with Crippen LogP contribution in [0.5, 0.6) is 0 Å². The number of rotatable bonds is 2. The second-order valence-electron chi connectivity index (χ2n) is 3.08. The van der Waals surface area contributed by atoms with Crippen molar-refractivity contribution in [1.82, 2.24) is 4.90 Å². The number of Topliss-reactive ketones (excluding diaryl/α,β-unsaturated/α-hetero) is 1. The smallest absolute Gasteiger partial charge is 0.143 e. The summed E-state index contributed by atoms with van der Waals surface area (Å²) in [6, 6.07) is 0. The summed E-state index contributed by atoms with van der Waals surface area (Å²) < 4.78 is 4.71. The van der Waals surface area contributed by atoms with Gasteiger partial charge >= 0.3 is 0 Å². The first-order valence-corrected chi connectivity index (χ1v) is 3.78. The van der Waals surface area contributed by atoms with Crippen molar-refractivity contribution in [3.63, 3.8) is 0 Å². The summed E-state index contributed by atoms with van der Waals surface area (Å²) in [5, 5.41) is 0. The average molecular weight is 159 g/mol. The van der Waals surface area contributed by atoms with E-state index < -0.39 is 0 Å². The molecule has 0 aromatic heterocycles. The van der Waals surface area contributed by atoms with Gasteiger partial charge in [-0.2, -0.15) is 0 Å². The van der Waals surface area contributed by atoms with E-state index in [0.29, 0.717) is 12.6 Å². The third-order valence-electron chi connectivity index (χ3n) is 1.04. The van der Waals surface area contributed by atoms with Crippen LogP contribution in [0.3, 0.4) is 0 Å². The molecule has 1 aliphatic rings. The molecule has 0 saturated carbocycles. The third kappa shape index (κ3) is 12.7. The van der Waals surface area contributed by atoms with Crippen LogP contribution in [0.15, 0.2) is 0 Å². The highest BCUT2D eigenvalue weighted by Gasteiger charge is 2.13. The van der Waals surface area contributed by atoms with Gasteiger partial charge in [0.2, 0.25) is 0 Å². The number of carbonyl (C=O) groups is 1. The maximum atomic E-state index is 10.2. The van der Waals surface area contributed by atoms with Gasteiger partial charge < -0.3 is 9.64 Å². The molecule has 1 unspecified atom stereocenters. The molecule has 0 radical (unpaired) electrons. The predicted octanol–water partition coefficient (Wildman–Crippen LogP) is 0.542. The zero-order valence-electron chi connectivity index (χ0n) is 7.76. The lowest BCUT2D eigenvalue weighted by Crippen LogP contribution is -2.18. The number of hydrogen-bond donors (Lipinski definition) is 0. The van der Waals surface area contributed by atoms with Crippen molar-refractivity contribution in [2.75, 3.05) is 27.2 Å². The van der Waals surface area contributed by atoms with Crippen molar-refractivity contribution < 1.29 is 9.53 Å². The highest BCUT2D eigenvalue weighted by atomic mass is 16.6. The maximum absolute atomic E-state index is 10.2. The molecule has 1 saturated heterocycles. The standard InChI is InChI=1S/C5H11NO.C3H6O/c1-5(7)4-6(2)3;1-3-2-4-3/h4H2,1-3H3;3H,2H2,1H3. The summed E-state index contributed by atoms with van der Waals surface area (Å²) in [7, 11) is 3.75. The molecule has 1 fully saturated rings. The average Bonchev–Trinajstić information content (AvgIpc) is 2.47. The zero-order chi connectivity index (χ0) is 8.85. The Balaban J connectivity index is 0.000000207. The molecule has 0 bridgehead atoms. The zero-order valence-corrected chi connectivity index (χ0v) is 7.76. The Morgan fingerprint density at radius 2 is 2.00 bits per heavy atom. The molecule has 1 atom stereocenters. The molecule has 0 aromatic carbocycles. The van der Waals surface area contributed by atoms with E-state index in [-0.39, 0.29) is 5.78 Å². The highest BCUT2D eigenvalue weighted by Crippen LogP contribution is 2.04. The van der Waals surface area contributed by atoms with Gasteiger partial charge in [0.25, 0.3) is 0 Å². The van der Waals surface area contributed by atoms with E-state index in [2.05, 4.69) is 6.92 Å². The topological polar surface area (TPSA) is 32.8 Å². The molecule has 0 aromatic rings. The molecule has 1 heterocycles. The minimum absolute atomic E-state index is 0.213. The lowest BCUT2D eigenvalue weighted by molar-refractivity contribution is -0.117. The minimum atomic E-state index is 0.213. The molecule has 0 aliphatic carbocycles. The van der Waals surface area contributed by atoms with Crippen molar-refractivity contribution in [2.45, 2.75) is 20.0 Å². The number of hydrogen-bond acceptors (Lipinski definition) is 3. The number of epoxide rings is 1. The fourth-order valence-corrected chi connectivity index (χ4v) is 0.542. The summed E-state index contributed by atoms with van der Waals surface area (Å²) >= 11 is 0. The maximum Gasteiger partial charge on any atom is 0.143 e. The van der Waals surface area contributed by atoms with Crippen LogP contribution in [-0.2, 0) is 9.53 Å². The van der Waals surface area contributed by atoms with E-state index in [4.69, 9.17) is 4.74 Å². The first-order valence-electron chi connectivity index (χ1n) is 3.78. The van der Waals surface area contributed by atoms with Gasteiger partial charge in [-0.3, -0.25) is 4.79 Å². The number of carbonyl (C=O) groups excluding carboxylic acids is 1. The van der Waals surface area contributed by atoms with Crippen molar-refractivity contribution >= 4 is 5.78 Å². The summed E-state index contributed by atoms with van der Waals surface area (Å²) in [6.07, 6.45) is 0.583. The molecule has 11 heavy (non-hydrogen) atoms. The SMILES string of the molecule is CC(=O)CN(C)C.CC1CO1. The summed E-state index contributed by atoms with van der Waals surface area (Å²) in [6.45, 7) is 5.18. The van der Waals surface area contributed by atoms with Crippen LogP contribution in [-0.4, -0.2) is 44.0 Å². The fraction of sp³-hybridized carbons (Fsp3) is 0.875. The van der Waals surface area contributed by atoms with Crippen LogP contribution in [0, 0.1) is 0 Å². The Morgan fingerprint density at radius 1 is 1.64 bits per heavy atom. The van der Waals surface area contributed by atoms with Crippen LogP contribution < -0.4 is 0 Å². The van der Waals surface area contributed by atoms with Gasteiger partial charge in [0, 0.05) is 0 Å². The van der Waals surface area contributed by atoms with Gasteiger partial charge in [-0.05, 0) is 27.9 Å². The highest BCUT2D eigenvalue weighted by molar-refractivity contribution is 5.77. The molecule has 0 amide bonds. The molecule has 66 valence electrons. The largest absolute Gasteiger partial charge is 0.373 e. The van der Waals surface area contributed by atoms with E-state index in [0.717, 1.165) is 6.61 Å². The lowest BCUT2D eigenvalue weighted by atomic mass is 10.4. The van der Waals surface area contributed by atoms with Gasteiger partial charge in [0.15, 0.2) is 0 Å². The van der Waals surface area contributed by atoms with E-state index >= 15 is 0 Å². The van der Waals surface area contributed by atoms with E-state index in [9.17, 15) is 4.79 Å². The Hall–Kier alpha value is -0.410. The van der Waals surface area contributed by atoms with E-state index in [1.54, 1.807) is 6.92 Å². The van der Waals surface area contributed by atoms with Crippen molar-refractivity contribution in [3.05, 3.63) is 0 Å². The number of likely N-dealkylation sites (N-methyl/N-ethyl adjacent to an activating group) is 1. The van der Waals surface area contributed by atoms with Crippen LogP contribution in [0.25, 0.3) is 0 Å². The Bertz CT molecular complexity index is 119. The molecule has 1 rings (SSSR count). The Morgan fingerprint density at radius 3 is 2.00 bits per heavy atom. The van der Waals surface area contributed by atoms with Gasteiger partial charge in [-0.15, -0.1) is 0 Å². The molecule has 3 nitrogen and oxygen atoms in total. The number of ether oxygens (including phenoxy) is 1. The monoisotopic (exact) mass is 159 g/mol. The minimum Gasteiger partial charge on any atom is -0.373 e. The van der Waals surface area contributed by atoms with Crippen LogP contribution in [0.1, 0.15) is 13.8 Å². The lowest BCUT2D eigenvalue weighted by Gasteiger charge is -2.03. The molecular formula is C8H17NO2. The second kappa shape index (κ2) is 5.27. The van der Waals surface area contributed by atoms with Crippen LogP contribution in [0.4, 0.5) is 0 Å². The quantitative estimate of drug-likeness (QED) is 0.551. The molecule has 3 heteroatoms. The fourth-order valence-electron chi connectivity index (χ4n) is 0.542. The normalized spacial score (nSPS) is 20.6. The van der Waals surface area contributed by atoms with E-state index in [1.165, 1.54) is 0 Å². The van der Waals surface area contributed by atoms with Gasteiger partial charge in [0.05, 0.1) is 19.3 Å². The molecule has 0 spiro atoms. The molecule has 0 N–H and O–H groups in total. The second-order valence-corrected chi connectivity index (χ2v) is 3.08. The number of ketones is 1. The van der Waals surface area contributed by atoms with Crippen molar-refractivity contribution in [1.29, 1.82) is 0 Å². The number of nitrogens with zero attached hydrogens (tertiary/aromatic N) is 1. The van der Waals surface area contributed by atoms with Gasteiger partial charge in [-0.1, -0.05) is 0 Å². The van der Waals surface area contributed by atoms with Crippen molar-refractivity contribution in [2.24, 2.45) is 0 Å². The third-order valence-corrected chi connectivity index (χ3v) is 1.04. The van der Waals surface area contributed by atoms with Gasteiger partial charge in [0.1, 0.15) is 5.78 Å². The predicted molar refractivity (Wildman–Crippen MR) is 44.6 cm³/mol. The van der Waals surface area contributed by atoms with Crippen LogP contribution in [0.2, 0.25) is 0 Å². The first kappa shape index (κ1) is 10.6. The van der Waals surface area contributed by atoms with Gasteiger partial charge in [-0.25, -0.2) is 0 Å². The Kier molecular flexibility index (Phi) is 5.07. The molecular weight excluding hydrogens is 142 g/mol. The first-order chi connectivity index (χ1) is 5.02.